The lowest BCUT2D eigenvalue weighted by Gasteiger charge is -2.42. The molecule has 1 aromatic heterocycles. The van der Waals surface area contributed by atoms with Gasteiger partial charge in [0.1, 0.15) is 11.7 Å². The van der Waals surface area contributed by atoms with E-state index in [4.69, 9.17) is 15.7 Å². The van der Waals surface area contributed by atoms with Gasteiger partial charge in [-0.3, -0.25) is 10.3 Å². The van der Waals surface area contributed by atoms with Gasteiger partial charge in [-0.05, 0) is 76.0 Å². The fourth-order valence-corrected chi connectivity index (χ4v) is 6.14. The third kappa shape index (κ3) is 5.07. The molecule has 1 aromatic carbocycles. The zero-order chi connectivity index (χ0) is 27.3. The number of hydrogen-bond acceptors (Lipinski definition) is 9. The lowest BCUT2D eigenvalue weighted by atomic mass is 9.97. The minimum absolute atomic E-state index is 0.0548. The first kappa shape index (κ1) is 26.0. The van der Waals surface area contributed by atoms with Gasteiger partial charge in [0.25, 0.3) is 0 Å². The van der Waals surface area contributed by atoms with Gasteiger partial charge in [0, 0.05) is 24.2 Å². The van der Waals surface area contributed by atoms with E-state index in [1.54, 1.807) is 0 Å². The van der Waals surface area contributed by atoms with Crippen molar-refractivity contribution in [3.63, 3.8) is 0 Å². The van der Waals surface area contributed by atoms with Crippen molar-refractivity contribution in [2.45, 2.75) is 75.9 Å². The number of nitrogens with zero attached hydrogens (tertiary/aromatic N) is 5. The molecule has 4 N–H and O–H groups in total. The molecule has 10 nitrogen and oxygen atoms in total. The summed E-state index contributed by atoms with van der Waals surface area (Å²) in [4.78, 5) is 11.0. The Morgan fingerprint density at radius 1 is 1.18 bits per heavy atom. The predicted molar refractivity (Wildman–Crippen MR) is 144 cm³/mol. The Kier molecular flexibility index (Phi) is 6.70. The van der Waals surface area contributed by atoms with E-state index < -0.39 is 11.6 Å². The fraction of sp³-hybridized carbons (Fsp3) is 0.593. The number of benzene rings is 1. The van der Waals surface area contributed by atoms with E-state index in [-0.39, 0.29) is 46.7 Å². The van der Waals surface area contributed by atoms with Crippen molar-refractivity contribution in [3.8, 4) is 0 Å². The number of rotatable bonds is 8. The van der Waals surface area contributed by atoms with Crippen LogP contribution in [-0.4, -0.2) is 58.1 Å². The Morgan fingerprint density at radius 2 is 1.97 bits per heavy atom. The van der Waals surface area contributed by atoms with Gasteiger partial charge in [0.2, 0.25) is 5.95 Å². The van der Waals surface area contributed by atoms with E-state index in [0.29, 0.717) is 30.5 Å². The Balaban J connectivity index is 1.22. The van der Waals surface area contributed by atoms with E-state index >= 15 is 4.39 Å². The van der Waals surface area contributed by atoms with Crippen molar-refractivity contribution >= 4 is 29.0 Å². The van der Waals surface area contributed by atoms with Crippen LogP contribution < -0.4 is 15.6 Å². The number of nitrogens with one attached hydrogen (secondary N) is 4. The molecule has 39 heavy (non-hydrogen) atoms. The molecule has 0 bridgehead atoms. The number of piperidine rings is 1. The minimum atomic E-state index is -0.560. The normalized spacial score (nSPS) is 24.5. The summed E-state index contributed by atoms with van der Waals surface area (Å²) in [7, 11) is 0. The molecule has 0 radical (unpaired) electrons. The molecule has 0 spiro atoms. The maximum absolute atomic E-state index is 15.3. The van der Waals surface area contributed by atoms with Gasteiger partial charge in [-0.2, -0.15) is 10.5 Å². The van der Waals surface area contributed by atoms with Crippen LogP contribution in [0.25, 0.3) is 0 Å². The number of aromatic nitrogens is 2. The lowest BCUT2D eigenvalue weighted by Crippen LogP contribution is -2.50. The quantitative estimate of drug-likeness (QED) is 0.150. The zero-order valence-electron chi connectivity index (χ0n) is 22.3. The summed E-state index contributed by atoms with van der Waals surface area (Å²) in [5.74, 6) is -0.793. The predicted octanol–water partition coefficient (Wildman–Crippen LogP) is 5.57. The summed E-state index contributed by atoms with van der Waals surface area (Å²) >= 11 is 0. The Labute approximate surface area is 226 Å². The lowest BCUT2D eigenvalue weighted by molar-refractivity contribution is 0.000719. The van der Waals surface area contributed by atoms with Crippen LogP contribution in [0.1, 0.15) is 63.9 Å². The average molecular weight is 540 g/mol. The number of anilines is 4. The van der Waals surface area contributed by atoms with E-state index in [1.807, 2.05) is 0 Å². The smallest absolute Gasteiger partial charge is 0.229 e. The molecular weight excluding hydrogens is 504 g/mol. The molecule has 4 heterocycles. The molecule has 6 rings (SSSR count). The number of halogens is 2. The van der Waals surface area contributed by atoms with Crippen LogP contribution in [0.2, 0.25) is 0 Å². The van der Waals surface area contributed by atoms with Crippen molar-refractivity contribution in [3.05, 3.63) is 35.5 Å². The van der Waals surface area contributed by atoms with Crippen LogP contribution in [0.5, 0.6) is 0 Å². The van der Waals surface area contributed by atoms with Gasteiger partial charge < -0.3 is 15.4 Å². The van der Waals surface area contributed by atoms with Crippen LogP contribution in [0.3, 0.4) is 0 Å². The van der Waals surface area contributed by atoms with Gasteiger partial charge in [-0.25, -0.2) is 18.8 Å². The number of hydrogen-bond donors (Lipinski definition) is 4. The molecule has 4 aliphatic rings. The number of fused-ring (bicyclic) bond motifs is 1. The van der Waals surface area contributed by atoms with Crippen molar-refractivity contribution in [1.82, 2.24) is 14.9 Å². The molecular formula is C27H35F2N9O. The van der Waals surface area contributed by atoms with E-state index in [9.17, 15) is 4.39 Å². The molecule has 1 aliphatic carbocycles. The van der Waals surface area contributed by atoms with Gasteiger partial charge in [0.05, 0.1) is 36.7 Å². The number of amidine groups is 1. The standard InChI is InChI=1S/C27H35F2N9O/c1-27(2)7-5-18-9-17(6-8-37(18)27)33-25-21(29)12-32-26(35-25)34-22-11-23(19(10-20(22)28)15-3-4-15)38(36-31)24(30)16-13-39-14-16/h10-12,15-18,30-31H,3-9,13-14H2,1-2H3,(H2,32,33,34,35)/t17-,18-/m0/s1. The molecule has 3 aliphatic heterocycles. The van der Waals surface area contributed by atoms with Crippen LogP contribution in [-0.2, 0) is 4.74 Å². The number of ether oxygens (including phenoxy) is 1. The largest absolute Gasteiger partial charge is 0.380 e. The SMILES string of the molecule is CC1(C)CC[C@H]2C[C@@H](Nc3nc(Nc4cc(N(N=N)C(=N)C5COC5)c(C5CC5)cc4F)ncc3F)CCN21. The van der Waals surface area contributed by atoms with Gasteiger partial charge in [-0.15, -0.1) is 0 Å². The molecule has 1 saturated carbocycles. The van der Waals surface area contributed by atoms with Crippen molar-refractivity contribution < 1.29 is 13.5 Å². The van der Waals surface area contributed by atoms with Gasteiger partial charge >= 0.3 is 0 Å². The summed E-state index contributed by atoms with van der Waals surface area (Å²) in [5, 5.41) is 19.5. The van der Waals surface area contributed by atoms with Crippen molar-refractivity contribution in [2.75, 3.05) is 35.4 Å². The molecule has 208 valence electrons. The molecule has 0 unspecified atom stereocenters. The molecule has 2 aromatic rings. The highest BCUT2D eigenvalue weighted by Gasteiger charge is 2.42. The second-order valence-corrected chi connectivity index (χ2v) is 11.8. The van der Waals surface area contributed by atoms with Crippen molar-refractivity contribution in [1.29, 1.82) is 10.9 Å². The maximum atomic E-state index is 15.3. The first-order valence-corrected chi connectivity index (χ1v) is 13.7. The summed E-state index contributed by atoms with van der Waals surface area (Å²) < 4.78 is 35.2. The zero-order valence-corrected chi connectivity index (χ0v) is 22.3. The van der Waals surface area contributed by atoms with Gasteiger partial charge in [-0.1, -0.05) is 5.22 Å². The van der Waals surface area contributed by atoms with E-state index in [0.717, 1.165) is 51.3 Å². The molecule has 4 fully saturated rings. The minimum Gasteiger partial charge on any atom is -0.380 e. The summed E-state index contributed by atoms with van der Waals surface area (Å²) in [5.41, 5.74) is 9.20. The monoisotopic (exact) mass is 539 g/mol. The van der Waals surface area contributed by atoms with Crippen LogP contribution >= 0.6 is 0 Å². The van der Waals surface area contributed by atoms with Gasteiger partial charge in [0.15, 0.2) is 11.6 Å². The second kappa shape index (κ2) is 10.1. The second-order valence-electron chi connectivity index (χ2n) is 11.8. The molecule has 12 heteroatoms. The first-order chi connectivity index (χ1) is 18.7. The topological polar surface area (TPSA) is 126 Å². The first-order valence-electron chi connectivity index (χ1n) is 13.7. The Hall–Kier alpha value is -3.25. The summed E-state index contributed by atoms with van der Waals surface area (Å²) in [6, 6.07) is 3.53. The van der Waals surface area contributed by atoms with Crippen molar-refractivity contribution in [2.24, 2.45) is 11.1 Å². The molecule has 0 amide bonds. The molecule has 2 atom stereocenters. The van der Waals surface area contributed by atoms with E-state index in [2.05, 4.69) is 44.6 Å². The summed E-state index contributed by atoms with van der Waals surface area (Å²) in [6.45, 7) is 6.31. The highest BCUT2D eigenvalue weighted by atomic mass is 19.1. The Bertz CT molecular complexity index is 1280. The van der Waals surface area contributed by atoms with Crippen LogP contribution in [0, 0.1) is 28.5 Å². The summed E-state index contributed by atoms with van der Waals surface area (Å²) in [6.07, 6.45) is 7.01. The third-order valence-electron chi connectivity index (χ3n) is 8.63. The highest BCUT2D eigenvalue weighted by molar-refractivity contribution is 5.98. The highest BCUT2D eigenvalue weighted by Crippen LogP contribution is 2.46. The van der Waals surface area contributed by atoms with Crippen LogP contribution in [0.4, 0.5) is 31.9 Å². The average Bonchev–Trinajstić information content (AvgIpc) is 3.67. The fourth-order valence-electron chi connectivity index (χ4n) is 6.14. The Morgan fingerprint density at radius 3 is 2.67 bits per heavy atom. The molecule has 3 saturated heterocycles. The van der Waals surface area contributed by atoms with E-state index in [1.165, 1.54) is 17.1 Å². The maximum Gasteiger partial charge on any atom is 0.229 e. The third-order valence-corrected chi connectivity index (χ3v) is 8.63. The van der Waals surface area contributed by atoms with Crippen LogP contribution in [0.15, 0.2) is 23.6 Å².